The molecule has 112 valence electrons. The van der Waals surface area contributed by atoms with E-state index in [4.69, 9.17) is 10.5 Å². The lowest BCUT2D eigenvalue weighted by Crippen LogP contribution is -2.33. The van der Waals surface area contributed by atoms with Crippen LogP contribution in [-0.2, 0) is 13.0 Å². The largest absolute Gasteiger partial charge is 0.494 e. The summed E-state index contributed by atoms with van der Waals surface area (Å²) in [5.41, 5.74) is 6.53. The van der Waals surface area contributed by atoms with Crippen LogP contribution in [-0.4, -0.2) is 19.6 Å². The molecule has 0 amide bonds. The summed E-state index contributed by atoms with van der Waals surface area (Å²) >= 11 is 1.72. The van der Waals surface area contributed by atoms with E-state index in [-0.39, 0.29) is 5.75 Å². The third-order valence-electron chi connectivity index (χ3n) is 2.91. The van der Waals surface area contributed by atoms with Gasteiger partial charge in [-0.15, -0.1) is 11.3 Å². The van der Waals surface area contributed by atoms with Gasteiger partial charge < -0.3 is 15.8 Å². The van der Waals surface area contributed by atoms with Gasteiger partial charge >= 0.3 is 0 Å². The Hall–Kier alpha value is -2.08. The minimum atomic E-state index is -0.394. The molecule has 0 saturated carbocycles. The lowest BCUT2D eigenvalue weighted by Gasteiger charge is -2.06. The summed E-state index contributed by atoms with van der Waals surface area (Å²) in [6.45, 7) is 1.06. The molecule has 0 aliphatic rings. The molecular formula is C15H18FN3OS. The maximum absolute atomic E-state index is 13.5. The normalized spacial score (nSPS) is 11.4. The van der Waals surface area contributed by atoms with E-state index in [9.17, 15) is 4.39 Å². The second-order valence-corrected chi connectivity index (χ2v) is 5.46. The highest BCUT2D eigenvalue weighted by molar-refractivity contribution is 7.09. The first-order valence-corrected chi connectivity index (χ1v) is 7.45. The van der Waals surface area contributed by atoms with Crippen LogP contribution in [0.4, 0.5) is 4.39 Å². The van der Waals surface area contributed by atoms with Crippen molar-refractivity contribution >= 4 is 17.3 Å². The van der Waals surface area contributed by atoms with Gasteiger partial charge in [0.1, 0.15) is 0 Å². The van der Waals surface area contributed by atoms with Crippen LogP contribution in [0.2, 0.25) is 0 Å². The zero-order valence-corrected chi connectivity index (χ0v) is 12.6. The van der Waals surface area contributed by atoms with Crippen molar-refractivity contribution in [3.05, 3.63) is 52.0 Å². The summed E-state index contributed by atoms with van der Waals surface area (Å²) in [4.78, 5) is 5.49. The first kappa shape index (κ1) is 15.3. The van der Waals surface area contributed by atoms with Gasteiger partial charge in [0, 0.05) is 11.4 Å². The molecule has 0 aliphatic heterocycles. The van der Waals surface area contributed by atoms with Crippen LogP contribution in [0, 0.1) is 5.82 Å². The Morgan fingerprint density at radius 1 is 1.43 bits per heavy atom. The van der Waals surface area contributed by atoms with Crippen LogP contribution < -0.4 is 15.8 Å². The van der Waals surface area contributed by atoms with E-state index in [1.165, 1.54) is 18.1 Å². The van der Waals surface area contributed by atoms with E-state index in [0.717, 1.165) is 18.5 Å². The van der Waals surface area contributed by atoms with Gasteiger partial charge in [0.05, 0.1) is 13.7 Å². The smallest absolute Gasteiger partial charge is 0.188 e. The number of halogens is 1. The molecule has 0 radical (unpaired) electrons. The number of methoxy groups -OCH3 is 1. The molecule has 0 aliphatic carbocycles. The lowest BCUT2D eigenvalue weighted by molar-refractivity contribution is 0.386. The molecule has 1 aromatic carbocycles. The van der Waals surface area contributed by atoms with E-state index in [1.54, 1.807) is 23.5 Å². The van der Waals surface area contributed by atoms with Crippen molar-refractivity contribution in [1.29, 1.82) is 0 Å². The second kappa shape index (κ2) is 7.64. The number of hydrogen-bond donors (Lipinski definition) is 2. The number of rotatable bonds is 6. The number of hydrogen-bond acceptors (Lipinski definition) is 3. The summed E-state index contributed by atoms with van der Waals surface area (Å²) in [5.74, 6) is 0.196. The average Bonchev–Trinajstić information content (AvgIpc) is 2.98. The van der Waals surface area contributed by atoms with Gasteiger partial charge in [-0.25, -0.2) is 9.38 Å². The number of nitrogens with two attached hydrogens (primary N) is 1. The Morgan fingerprint density at radius 3 is 2.95 bits per heavy atom. The molecule has 0 unspecified atom stereocenters. The highest BCUT2D eigenvalue weighted by Crippen LogP contribution is 2.17. The number of benzene rings is 1. The van der Waals surface area contributed by atoms with E-state index < -0.39 is 5.82 Å². The molecule has 0 saturated heterocycles. The SMILES string of the molecule is COc1ccc(CN=C(N)NCCc2cccs2)cc1F. The van der Waals surface area contributed by atoms with Crippen LogP contribution in [0.3, 0.4) is 0 Å². The molecule has 1 aromatic heterocycles. The van der Waals surface area contributed by atoms with Crippen molar-refractivity contribution in [2.45, 2.75) is 13.0 Å². The Bertz CT molecular complexity index is 599. The third-order valence-corrected chi connectivity index (χ3v) is 3.84. The Balaban J connectivity index is 1.81. The number of guanidine groups is 1. The van der Waals surface area contributed by atoms with Crippen LogP contribution in [0.1, 0.15) is 10.4 Å². The van der Waals surface area contributed by atoms with Crippen molar-refractivity contribution in [2.24, 2.45) is 10.7 Å². The number of nitrogens with zero attached hydrogens (tertiary/aromatic N) is 1. The minimum Gasteiger partial charge on any atom is -0.494 e. The summed E-state index contributed by atoms with van der Waals surface area (Å²) < 4.78 is 18.4. The molecule has 0 atom stereocenters. The number of ether oxygens (including phenoxy) is 1. The van der Waals surface area contributed by atoms with Gasteiger partial charge in [0.25, 0.3) is 0 Å². The second-order valence-electron chi connectivity index (χ2n) is 4.43. The first-order chi connectivity index (χ1) is 10.2. The molecule has 2 rings (SSSR count). The average molecular weight is 307 g/mol. The number of nitrogens with one attached hydrogen (secondary N) is 1. The van der Waals surface area contributed by atoms with E-state index in [2.05, 4.69) is 16.4 Å². The van der Waals surface area contributed by atoms with Crippen LogP contribution in [0.25, 0.3) is 0 Å². The molecule has 3 N–H and O–H groups in total. The maximum Gasteiger partial charge on any atom is 0.188 e. The molecule has 0 bridgehead atoms. The molecule has 0 fully saturated rings. The molecule has 4 nitrogen and oxygen atoms in total. The van der Waals surface area contributed by atoms with Gasteiger partial charge in [0.2, 0.25) is 0 Å². The number of thiophene rings is 1. The fourth-order valence-corrected chi connectivity index (χ4v) is 2.52. The summed E-state index contributed by atoms with van der Waals surface area (Å²) in [6.07, 6.45) is 0.908. The van der Waals surface area contributed by atoms with Crippen LogP contribution in [0.5, 0.6) is 5.75 Å². The van der Waals surface area contributed by atoms with Crippen molar-refractivity contribution in [1.82, 2.24) is 5.32 Å². The maximum atomic E-state index is 13.5. The summed E-state index contributed by atoms with van der Waals surface area (Å²) in [6, 6.07) is 8.86. The Labute approximate surface area is 127 Å². The minimum absolute atomic E-state index is 0.227. The zero-order valence-electron chi connectivity index (χ0n) is 11.8. The Kier molecular flexibility index (Phi) is 5.57. The fourth-order valence-electron chi connectivity index (χ4n) is 1.81. The summed E-state index contributed by atoms with van der Waals surface area (Å²) in [7, 11) is 1.44. The lowest BCUT2D eigenvalue weighted by atomic mass is 10.2. The standard InChI is InChI=1S/C15H18FN3OS/c1-20-14-5-4-11(9-13(14)16)10-19-15(17)18-7-6-12-3-2-8-21-12/h2-5,8-9H,6-7,10H2,1H3,(H3,17,18,19). The van der Waals surface area contributed by atoms with Gasteiger partial charge in [-0.3, -0.25) is 0 Å². The van der Waals surface area contributed by atoms with Crippen molar-refractivity contribution in [3.8, 4) is 5.75 Å². The molecule has 2 aromatic rings. The third kappa shape index (κ3) is 4.75. The highest BCUT2D eigenvalue weighted by Gasteiger charge is 2.03. The van der Waals surface area contributed by atoms with Gasteiger partial charge in [-0.05, 0) is 35.6 Å². The quantitative estimate of drug-likeness (QED) is 0.637. The first-order valence-electron chi connectivity index (χ1n) is 6.57. The van der Waals surface area contributed by atoms with Gasteiger partial charge in [-0.1, -0.05) is 12.1 Å². The predicted octanol–water partition coefficient (Wildman–Crippen LogP) is 2.54. The van der Waals surface area contributed by atoms with Crippen molar-refractivity contribution in [2.75, 3.05) is 13.7 Å². The topological polar surface area (TPSA) is 59.6 Å². The number of aliphatic imine (C=N–C) groups is 1. The van der Waals surface area contributed by atoms with E-state index >= 15 is 0 Å². The summed E-state index contributed by atoms with van der Waals surface area (Å²) in [5, 5.41) is 5.09. The van der Waals surface area contributed by atoms with Crippen molar-refractivity contribution < 1.29 is 9.13 Å². The highest BCUT2D eigenvalue weighted by atomic mass is 32.1. The molecule has 21 heavy (non-hydrogen) atoms. The van der Waals surface area contributed by atoms with E-state index in [0.29, 0.717) is 12.5 Å². The molecule has 6 heteroatoms. The van der Waals surface area contributed by atoms with Crippen LogP contribution in [0.15, 0.2) is 40.7 Å². The van der Waals surface area contributed by atoms with Crippen molar-refractivity contribution in [3.63, 3.8) is 0 Å². The zero-order chi connectivity index (χ0) is 15.1. The monoisotopic (exact) mass is 307 g/mol. The molecule has 1 heterocycles. The fraction of sp³-hybridized carbons (Fsp3) is 0.267. The van der Waals surface area contributed by atoms with Gasteiger partial charge in [0.15, 0.2) is 17.5 Å². The predicted molar refractivity (Wildman–Crippen MR) is 84.3 cm³/mol. The Morgan fingerprint density at radius 2 is 2.29 bits per heavy atom. The van der Waals surface area contributed by atoms with Gasteiger partial charge in [-0.2, -0.15) is 0 Å². The molecular weight excluding hydrogens is 289 g/mol. The van der Waals surface area contributed by atoms with E-state index in [1.807, 2.05) is 11.4 Å². The molecule has 0 spiro atoms. The van der Waals surface area contributed by atoms with Crippen LogP contribution >= 0.6 is 11.3 Å².